The molecule has 4 aromatic carbocycles. The Bertz CT molecular complexity index is 1460. The maximum absolute atomic E-state index is 14.0. The van der Waals surface area contributed by atoms with Crippen LogP contribution in [0.25, 0.3) is 0 Å². The van der Waals surface area contributed by atoms with Gasteiger partial charge in [0.1, 0.15) is 5.82 Å². The monoisotopic (exact) mass is 523 g/mol. The number of amides is 3. The predicted molar refractivity (Wildman–Crippen MR) is 144 cm³/mol. The molecule has 0 saturated carbocycles. The highest BCUT2D eigenvalue weighted by Gasteiger charge is 2.46. The molecule has 4 aromatic rings. The van der Waals surface area contributed by atoms with Crippen LogP contribution in [0.2, 0.25) is 0 Å². The number of cyclic esters (lactones) is 1. The van der Waals surface area contributed by atoms with Crippen LogP contribution in [0.3, 0.4) is 0 Å². The van der Waals surface area contributed by atoms with Crippen LogP contribution in [0.4, 0.5) is 14.9 Å². The van der Waals surface area contributed by atoms with Gasteiger partial charge >= 0.3 is 6.09 Å². The molecule has 3 amide bonds. The molecule has 8 heteroatoms. The van der Waals surface area contributed by atoms with Crippen molar-refractivity contribution < 1.29 is 23.5 Å². The minimum Gasteiger partial charge on any atom is -0.438 e. The molecule has 1 aliphatic heterocycles. The molecule has 1 fully saturated rings. The fraction of sp³-hybridized carbons (Fsp3) is 0.129. The molecule has 2 N–H and O–H groups in total. The summed E-state index contributed by atoms with van der Waals surface area (Å²) in [5.74, 6) is -1.55. The zero-order chi connectivity index (χ0) is 27.2. The van der Waals surface area contributed by atoms with Crippen LogP contribution in [-0.2, 0) is 22.6 Å². The summed E-state index contributed by atoms with van der Waals surface area (Å²) in [5.41, 5.74) is 2.74. The highest BCUT2D eigenvalue weighted by Crippen LogP contribution is 2.34. The number of hydrogen-bond donors (Lipinski definition) is 2. The highest BCUT2D eigenvalue weighted by atomic mass is 19.1. The number of rotatable bonds is 8. The standard InChI is InChI=1S/C31H26FN3O4/c32-26-14-8-7-13-25(26)29(36)34-24-17-15-23(16-18-24)28-27(30(37)33-19-21-9-3-1-4-10-21)35(31(38)39-28)20-22-11-5-2-6-12-22/h1-18,27-28H,19-20H2,(H,33,37)(H,34,36)/t27-,28+/m1/s1. The molecule has 1 heterocycles. The van der Waals surface area contributed by atoms with Crippen LogP contribution in [-0.4, -0.2) is 28.8 Å². The number of ether oxygens (including phenoxy) is 1. The Morgan fingerprint density at radius 2 is 1.41 bits per heavy atom. The second kappa shape index (κ2) is 11.6. The zero-order valence-corrected chi connectivity index (χ0v) is 20.9. The fourth-order valence-electron chi connectivity index (χ4n) is 4.48. The maximum atomic E-state index is 14.0. The minimum absolute atomic E-state index is 0.0713. The van der Waals surface area contributed by atoms with Gasteiger partial charge in [-0.1, -0.05) is 84.9 Å². The average Bonchev–Trinajstić information content (AvgIpc) is 3.29. The molecule has 0 radical (unpaired) electrons. The Morgan fingerprint density at radius 1 is 0.795 bits per heavy atom. The van der Waals surface area contributed by atoms with Gasteiger partial charge in [-0.2, -0.15) is 0 Å². The van der Waals surface area contributed by atoms with Crippen molar-refractivity contribution in [2.24, 2.45) is 0 Å². The Balaban J connectivity index is 1.36. The summed E-state index contributed by atoms with van der Waals surface area (Å²) < 4.78 is 19.7. The minimum atomic E-state index is -0.916. The van der Waals surface area contributed by atoms with E-state index >= 15 is 0 Å². The van der Waals surface area contributed by atoms with Gasteiger partial charge in [0.2, 0.25) is 5.91 Å². The van der Waals surface area contributed by atoms with E-state index in [4.69, 9.17) is 4.74 Å². The summed E-state index contributed by atoms with van der Waals surface area (Å²) in [5, 5.41) is 5.60. The van der Waals surface area contributed by atoms with Crippen LogP contribution < -0.4 is 10.6 Å². The van der Waals surface area contributed by atoms with Gasteiger partial charge < -0.3 is 15.4 Å². The van der Waals surface area contributed by atoms with Crippen molar-refractivity contribution in [1.29, 1.82) is 0 Å². The maximum Gasteiger partial charge on any atom is 0.411 e. The van der Waals surface area contributed by atoms with Gasteiger partial charge in [-0.25, -0.2) is 9.18 Å². The zero-order valence-electron chi connectivity index (χ0n) is 20.9. The largest absolute Gasteiger partial charge is 0.438 e. The quantitative estimate of drug-likeness (QED) is 0.321. The molecule has 0 bridgehead atoms. The van der Waals surface area contributed by atoms with Crippen LogP contribution >= 0.6 is 0 Å². The second-order valence-electron chi connectivity index (χ2n) is 9.12. The topological polar surface area (TPSA) is 87.7 Å². The first-order valence-corrected chi connectivity index (χ1v) is 12.5. The van der Waals surface area contributed by atoms with E-state index in [0.717, 1.165) is 11.1 Å². The van der Waals surface area contributed by atoms with Gasteiger partial charge in [0.25, 0.3) is 5.91 Å². The SMILES string of the molecule is O=C(Nc1ccc([C@@H]2OC(=O)N(Cc3ccccc3)[C@H]2C(=O)NCc2ccccc2)cc1)c1ccccc1F. The van der Waals surface area contributed by atoms with Crippen LogP contribution in [0.5, 0.6) is 0 Å². The first-order chi connectivity index (χ1) is 19.0. The third-order valence-electron chi connectivity index (χ3n) is 6.47. The Kier molecular flexibility index (Phi) is 7.63. The number of carbonyl (C=O) groups is 3. The Labute approximate surface area is 225 Å². The third-order valence-corrected chi connectivity index (χ3v) is 6.47. The van der Waals surface area contributed by atoms with E-state index in [1.165, 1.54) is 23.1 Å². The van der Waals surface area contributed by atoms with E-state index < -0.39 is 30.0 Å². The molecule has 1 aliphatic rings. The number of halogens is 1. The molecule has 0 spiro atoms. The first kappa shape index (κ1) is 25.7. The lowest BCUT2D eigenvalue weighted by Crippen LogP contribution is -2.46. The van der Waals surface area contributed by atoms with E-state index in [1.807, 2.05) is 60.7 Å². The number of nitrogens with zero attached hydrogens (tertiary/aromatic N) is 1. The molecule has 0 aliphatic carbocycles. The van der Waals surface area contributed by atoms with Crippen molar-refractivity contribution in [1.82, 2.24) is 10.2 Å². The van der Waals surface area contributed by atoms with E-state index in [2.05, 4.69) is 10.6 Å². The second-order valence-corrected chi connectivity index (χ2v) is 9.12. The first-order valence-electron chi connectivity index (χ1n) is 12.5. The molecule has 7 nitrogen and oxygen atoms in total. The molecular formula is C31H26FN3O4. The summed E-state index contributed by atoms with van der Waals surface area (Å²) >= 11 is 0. The summed E-state index contributed by atoms with van der Waals surface area (Å²) in [6, 6.07) is 30.3. The van der Waals surface area contributed by atoms with E-state index in [-0.39, 0.29) is 18.0 Å². The third kappa shape index (κ3) is 5.96. The van der Waals surface area contributed by atoms with Crippen molar-refractivity contribution >= 4 is 23.6 Å². The van der Waals surface area contributed by atoms with Crippen LogP contribution in [0.1, 0.15) is 33.2 Å². The van der Waals surface area contributed by atoms with Crippen LogP contribution in [0, 0.1) is 5.82 Å². The lowest BCUT2D eigenvalue weighted by atomic mass is 10.00. The Hall–Kier alpha value is -4.98. The summed E-state index contributed by atoms with van der Waals surface area (Å²) in [6.45, 7) is 0.508. The summed E-state index contributed by atoms with van der Waals surface area (Å²) in [4.78, 5) is 40.4. The smallest absolute Gasteiger partial charge is 0.411 e. The van der Waals surface area contributed by atoms with Gasteiger partial charge in [-0.3, -0.25) is 14.5 Å². The predicted octanol–water partition coefficient (Wildman–Crippen LogP) is 5.46. The molecule has 5 rings (SSSR count). The molecule has 2 atom stereocenters. The van der Waals surface area contributed by atoms with Gasteiger partial charge in [0.05, 0.1) is 12.1 Å². The lowest BCUT2D eigenvalue weighted by molar-refractivity contribution is -0.126. The molecule has 0 unspecified atom stereocenters. The van der Waals surface area contributed by atoms with Crippen LogP contribution in [0.15, 0.2) is 109 Å². The molecular weight excluding hydrogens is 497 g/mol. The van der Waals surface area contributed by atoms with Crippen molar-refractivity contribution in [3.63, 3.8) is 0 Å². The van der Waals surface area contributed by atoms with Crippen molar-refractivity contribution in [2.45, 2.75) is 25.2 Å². The van der Waals surface area contributed by atoms with Gasteiger partial charge in [-0.05, 0) is 41.0 Å². The average molecular weight is 524 g/mol. The number of benzene rings is 4. The lowest BCUT2D eigenvalue weighted by Gasteiger charge is -2.24. The number of nitrogens with one attached hydrogen (secondary N) is 2. The number of carbonyl (C=O) groups excluding carboxylic acids is 3. The summed E-state index contributed by atoms with van der Waals surface area (Å²) in [6.07, 6.45) is -1.46. The van der Waals surface area contributed by atoms with E-state index in [1.54, 1.807) is 30.3 Å². The summed E-state index contributed by atoms with van der Waals surface area (Å²) in [7, 11) is 0. The normalized spacial score (nSPS) is 16.4. The molecule has 39 heavy (non-hydrogen) atoms. The van der Waals surface area contributed by atoms with E-state index in [0.29, 0.717) is 17.8 Å². The molecule has 1 saturated heterocycles. The van der Waals surface area contributed by atoms with Crippen molar-refractivity contribution in [2.75, 3.05) is 5.32 Å². The van der Waals surface area contributed by atoms with Crippen molar-refractivity contribution in [3.8, 4) is 0 Å². The fourth-order valence-corrected chi connectivity index (χ4v) is 4.48. The number of anilines is 1. The molecule has 196 valence electrons. The highest BCUT2D eigenvalue weighted by molar-refractivity contribution is 6.04. The molecule has 0 aromatic heterocycles. The van der Waals surface area contributed by atoms with Gasteiger partial charge in [0, 0.05) is 12.2 Å². The number of hydrogen-bond acceptors (Lipinski definition) is 4. The Morgan fingerprint density at radius 3 is 2.08 bits per heavy atom. The van der Waals surface area contributed by atoms with E-state index in [9.17, 15) is 18.8 Å². The van der Waals surface area contributed by atoms with Gasteiger partial charge in [0.15, 0.2) is 12.1 Å². The van der Waals surface area contributed by atoms with Gasteiger partial charge in [-0.15, -0.1) is 0 Å². The van der Waals surface area contributed by atoms with Crippen molar-refractivity contribution in [3.05, 3.63) is 137 Å².